The molecule has 0 atom stereocenters. The molecule has 0 spiro atoms. The van der Waals surface area contributed by atoms with Gasteiger partial charge in [0.2, 0.25) is 0 Å². The normalized spacial score (nSPS) is 9.69. The fourth-order valence-electron chi connectivity index (χ4n) is 1.07. The molecule has 0 bridgehead atoms. The van der Waals surface area contributed by atoms with Crippen molar-refractivity contribution < 1.29 is 14.3 Å². The van der Waals surface area contributed by atoms with E-state index in [1.807, 2.05) is 19.1 Å². The number of hydrogen-bond donors (Lipinski definition) is 0. The second kappa shape index (κ2) is 6.00. The molecule has 0 fully saturated rings. The van der Waals surface area contributed by atoms with Crippen molar-refractivity contribution in [1.29, 1.82) is 0 Å². The Kier molecular flexibility index (Phi) is 4.64. The van der Waals surface area contributed by atoms with Crippen molar-refractivity contribution in [2.45, 2.75) is 6.92 Å². The summed E-state index contributed by atoms with van der Waals surface area (Å²) in [5, 5.41) is 0. The highest BCUT2D eigenvalue weighted by molar-refractivity contribution is 5.77. The van der Waals surface area contributed by atoms with Gasteiger partial charge in [0.05, 0.1) is 6.61 Å². The number of nitrogens with zero attached hydrogens (tertiary/aromatic N) is 1. The lowest BCUT2D eigenvalue weighted by Crippen LogP contribution is -2.27. The largest absolute Gasteiger partial charge is 0.494 e. The Hall–Kier alpha value is -1.71. The van der Waals surface area contributed by atoms with Crippen LogP contribution in [0.4, 0.5) is 0 Å². The van der Waals surface area contributed by atoms with E-state index in [0.29, 0.717) is 12.4 Å². The monoisotopic (exact) mass is 223 g/mol. The Balaban J connectivity index is 2.46. The van der Waals surface area contributed by atoms with E-state index in [1.54, 1.807) is 26.2 Å². The number of ether oxygens (including phenoxy) is 2. The van der Waals surface area contributed by atoms with Crippen molar-refractivity contribution in [1.82, 2.24) is 4.90 Å². The molecule has 0 aliphatic carbocycles. The van der Waals surface area contributed by atoms with Gasteiger partial charge in [-0.15, -0.1) is 0 Å². The fraction of sp³-hybridized carbons (Fsp3) is 0.417. The van der Waals surface area contributed by atoms with Gasteiger partial charge in [-0.25, -0.2) is 0 Å². The maximum absolute atomic E-state index is 11.3. The van der Waals surface area contributed by atoms with Gasteiger partial charge in [-0.1, -0.05) is 0 Å². The van der Waals surface area contributed by atoms with E-state index in [0.717, 1.165) is 5.75 Å². The number of hydrogen-bond acceptors (Lipinski definition) is 3. The summed E-state index contributed by atoms with van der Waals surface area (Å²) in [5.41, 5.74) is 0. The molecule has 0 unspecified atom stereocenters. The molecule has 16 heavy (non-hydrogen) atoms. The summed E-state index contributed by atoms with van der Waals surface area (Å²) >= 11 is 0. The van der Waals surface area contributed by atoms with Crippen molar-refractivity contribution >= 4 is 5.91 Å². The first-order valence-electron chi connectivity index (χ1n) is 5.19. The third kappa shape index (κ3) is 3.81. The second-order valence-electron chi connectivity index (χ2n) is 3.48. The number of carbonyl (C=O) groups excluding carboxylic acids is 1. The van der Waals surface area contributed by atoms with Gasteiger partial charge in [-0.05, 0) is 31.2 Å². The van der Waals surface area contributed by atoms with Gasteiger partial charge in [-0.3, -0.25) is 4.79 Å². The molecule has 1 amide bonds. The molecule has 4 heteroatoms. The summed E-state index contributed by atoms with van der Waals surface area (Å²) in [7, 11) is 3.40. The number of likely N-dealkylation sites (N-methyl/N-ethyl adjacent to an activating group) is 1. The highest BCUT2D eigenvalue weighted by Crippen LogP contribution is 2.17. The van der Waals surface area contributed by atoms with E-state index < -0.39 is 0 Å². The van der Waals surface area contributed by atoms with Crippen LogP contribution >= 0.6 is 0 Å². The van der Waals surface area contributed by atoms with Crippen molar-refractivity contribution in [3.8, 4) is 11.5 Å². The molecule has 1 aromatic rings. The Morgan fingerprint density at radius 1 is 1.12 bits per heavy atom. The zero-order chi connectivity index (χ0) is 12.0. The maximum Gasteiger partial charge on any atom is 0.259 e. The average molecular weight is 223 g/mol. The van der Waals surface area contributed by atoms with Crippen LogP contribution in [0.5, 0.6) is 11.5 Å². The summed E-state index contributed by atoms with van der Waals surface area (Å²) in [6, 6.07) is 7.21. The molecule has 0 saturated carbocycles. The predicted octanol–water partition coefficient (Wildman–Crippen LogP) is 1.55. The predicted molar refractivity (Wildman–Crippen MR) is 61.8 cm³/mol. The highest BCUT2D eigenvalue weighted by Gasteiger charge is 2.04. The molecule has 4 nitrogen and oxygen atoms in total. The average Bonchev–Trinajstić information content (AvgIpc) is 2.28. The molecule has 88 valence electrons. The standard InChI is InChI=1S/C12H17NO3/c1-4-15-10-5-7-11(8-6-10)16-9-12(14)13(2)3/h5-8H,4,9H2,1-3H3. The van der Waals surface area contributed by atoms with E-state index >= 15 is 0 Å². The first-order valence-corrected chi connectivity index (χ1v) is 5.19. The Morgan fingerprint density at radius 2 is 1.62 bits per heavy atom. The summed E-state index contributed by atoms with van der Waals surface area (Å²) < 4.78 is 10.6. The van der Waals surface area contributed by atoms with Gasteiger partial charge in [0, 0.05) is 14.1 Å². The molecule has 0 aliphatic rings. The Morgan fingerprint density at radius 3 is 2.06 bits per heavy atom. The molecule has 0 N–H and O–H groups in total. The fourth-order valence-corrected chi connectivity index (χ4v) is 1.07. The number of benzene rings is 1. The lowest BCUT2D eigenvalue weighted by Gasteiger charge is -2.11. The van der Waals surface area contributed by atoms with E-state index in [2.05, 4.69) is 0 Å². The van der Waals surface area contributed by atoms with Crippen molar-refractivity contribution in [2.75, 3.05) is 27.3 Å². The van der Waals surface area contributed by atoms with E-state index in [1.165, 1.54) is 4.90 Å². The Labute approximate surface area is 95.8 Å². The highest BCUT2D eigenvalue weighted by atomic mass is 16.5. The minimum Gasteiger partial charge on any atom is -0.494 e. The second-order valence-corrected chi connectivity index (χ2v) is 3.48. The summed E-state index contributed by atoms with van der Waals surface area (Å²) in [5.74, 6) is 1.40. The van der Waals surface area contributed by atoms with Crippen molar-refractivity contribution in [2.24, 2.45) is 0 Å². The summed E-state index contributed by atoms with van der Waals surface area (Å²) in [6.45, 7) is 2.63. The third-order valence-corrected chi connectivity index (χ3v) is 2.00. The molecular formula is C12H17NO3. The minimum absolute atomic E-state index is 0.0565. The topological polar surface area (TPSA) is 38.8 Å². The Bertz CT molecular complexity index is 333. The van der Waals surface area contributed by atoms with E-state index in [-0.39, 0.29) is 12.5 Å². The molecule has 0 radical (unpaired) electrons. The SMILES string of the molecule is CCOc1ccc(OCC(=O)N(C)C)cc1. The zero-order valence-electron chi connectivity index (χ0n) is 9.90. The van der Waals surface area contributed by atoms with Crippen LogP contribution < -0.4 is 9.47 Å². The maximum atomic E-state index is 11.3. The lowest BCUT2D eigenvalue weighted by atomic mass is 10.3. The van der Waals surface area contributed by atoms with Crippen LogP contribution in [0.25, 0.3) is 0 Å². The van der Waals surface area contributed by atoms with Crippen LogP contribution in [-0.4, -0.2) is 38.1 Å². The first-order chi connectivity index (χ1) is 7.63. The summed E-state index contributed by atoms with van der Waals surface area (Å²) in [6.07, 6.45) is 0. The van der Waals surface area contributed by atoms with Gasteiger partial charge in [0.1, 0.15) is 11.5 Å². The van der Waals surface area contributed by atoms with E-state index in [9.17, 15) is 4.79 Å². The van der Waals surface area contributed by atoms with Gasteiger partial charge in [-0.2, -0.15) is 0 Å². The molecule has 1 aromatic carbocycles. The molecule has 1 rings (SSSR count). The van der Waals surface area contributed by atoms with Crippen molar-refractivity contribution in [3.05, 3.63) is 24.3 Å². The van der Waals surface area contributed by atoms with Gasteiger partial charge in [0.15, 0.2) is 6.61 Å². The lowest BCUT2D eigenvalue weighted by molar-refractivity contribution is -0.130. The third-order valence-electron chi connectivity index (χ3n) is 2.00. The van der Waals surface area contributed by atoms with Crippen LogP contribution in [-0.2, 0) is 4.79 Å². The molecular weight excluding hydrogens is 206 g/mol. The molecule has 0 heterocycles. The van der Waals surface area contributed by atoms with Crippen LogP contribution in [0, 0.1) is 0 Å². The van der Waals surface area contributed by atoms with Crippen LogP contribution in [0.15, 0.2) is 24.3 Å². The van der Waals surface area contributed by atoms with Crippen LogP contribution in [0.2, 0.25) is 0 Å². The van der Waals surface area contributed by atoms with Gasteiger partial charge in [0.25, 0.3) is 5.91 Å². The van der Waals surface area contributed by atoms with Gasteiger partial charge >= 0.3 is 0 Å². The molecule has 0 saturated heterocycles. The number of amides is 1. The van der Waals surface area contributed by atoms with Crippen molar-refractivity contribution in [3.63, 3.8) is 0 Å². The summed E-state index contributed by atoms with van der Waals surface area (Å²) in [4.78, 5) is 12.8. The van der Waals surface area contributed by atoms with E-state index in [4.69, 9.17) is 9.47 Å². The number of rotatable bonds is 5. The van der Waals surface area contributed by atoms with Crippen LogP contribution in [0.3, 0.4) is 0 Å². The smallest absolute Gasteiger partial charge is 0.259 e. The molecule has 0 aliphatic heterocycles. The molecule has 0 aromatic heterocycles. The van der Waals surface area contributed by atoms with Gasteiger partial charge < -0.3 is 14.4 Å². The quantitative estimate of drug-likeness (QED) is 0.760. The zero-order valence-corrected chi connectivity index (χ0v) is 9.90. The first kappa shape index (κ1) is 12.4. The van der Waals surface area contributed by atoms with Crippen LogP contribution in [0.1, 0.15) is 6.92 Å². The minimum atomic E-state index is -0.0612. The number of carbonyl (C=O) groups is 1.